The number of carbonyl (C=O) groups is 2. The number of ether oxygens (including phenoxy) is 2. The molecule has 1 N–H and O–H groups in total. The number of benzene rings is 2. The van der Waals surface area contributed by atoms with Gasteiger partial charge in [-0.1, -0.05) is 24.3 Å². The molecule has 0 aliphatic carbocycles. The molecule has 3 aromatic heterocycles. The van der Waals surface area contributed by atoms with Crippen molar-refractivity contribution in [1.82, 2.24) is 19.9 Å². The summed E-state index contributed by atoms with van der Waals surface area (Å²) in [4.78, 5) is 48.9. The van der Waals surface area contributed by atoms with E-state index in [0.717, 1.165) is 5.56 Å². The number of hydrogen-bond acceptors (Lipinski definition) is 7. The van der Waals surface area contributed by atoms with Gasteiger partial charge in [0.25, 0.3) is 11.5 Å². The number of amides is 1. The molecular formula is C31H28N4O5. The van der Waals surface area contributed by atoms with E-state index in [1.54, 1.807) is 55.1 Å². The average molecular weight is 537 g/mol. The second-order valence-electron chi connectivity index (χ2n) is 9.28. The number of aryl methyl sites for hydroxylation is 2. The van der Waals surface area contributed by atoms with E-state index in [-0.39, 0.29) is 30.2 Å². The summed E-state index contributed by atoms with van der Waals surface area (Å²) in [5.41, 5.74) is 3.31. The fraction of sp³-hybridized carbons (Fsp3) is 0.194. The van der Waals surface area contributed by atoms with E-state index in [4.69, 9.17) is 9.47 Å². The lowest BCUT2D eigenvalue weighted by molar-refractivity contribution is 0.0389. The van der Waals surface area contributed by atoms with Gasteiger partial charge < -0.3 is 14.8 Å². The van der Waals surface area contributed by atoms with Gasteiger partial charge >= 0.3 is 5.97 Å². The van der Waals surface area contributed by atoms with Gasteiger partial charge in [-0.3, -0.25) is 24.1 Å². The standard InChI is InChI=1S/C31H28N4O5/c1-19-26-28(27(20(2)34-19)31(38)40-16-15-39-3)24-9-4-5-10-25(24)35(30(26)37)23-8-6-7-22(17-23)29(36)33-18-21-11-13-32-14-12-21/h4-14,17H,15-16,18H2,1-3H3,(H,33,36). The van der Waals surface area contributed by atoms with E-state index in [1.165, 1.54) is 7.11 Å². The van der Waals surface area contributed by atoms with Gasteiger partial charge in [0, 0.05) is 42.4 Å². The Balaban J connectivity index is 1.65. The molecule has 0 unspecified atom stereocenters. The van der Waals surface area contributed by atoms with Crippen LogP contribution >= 0.6 is 0 Å². The smallest absolute Gasteiger partial charge is 0.340 e. The summed E-state index contributed by atoms with van der Waals surface area (Å²) in [6, 6.07) is 17.9. The van der Waals surface area contributed by atoms with Gasteiger partial charge in [0.15, 0.2) is 0 Å². The zero-order chi connectivity index (χ0) is 28.2. The minimum absolute atomic E-state index is 0.0785. The molecular weight excluding hydrogens is 508 g/mol. The lowest BCUT2D eigenvalue weighted by Gasteiger charge is -2.18. The minimum atomic E-state index is -0.567. The molecule has 0 atom stereocenters. The summed E-state index contributed by atoms with van der Waals surface area (Å²) in [6.07, 6.45) is 3.34. The predicted octanol–water partition coefficient (Wildman–Crippen LogP) is 4.28. The lowest BCUT2D eigenvalue weighted by atomic mass is 9.98. The molecule has 2 aromatic carbocycles. The van der Waals surface area contributed by atoms with Gasteiger partial charge in [0.05, 0.1) is 40.1 Å². The van der Waals surface area contributed by atoms with Crippen molar-refractivity contribution < 1.29 is 19.1 Å². The molecule has 1 amide bonds. The Labute approximate surface area is 230 Å². The van der Waals surface area contributed by atoms with Crippen LogP contribution in [0.3, 0.4) is 0 Å². The maximum Gasteiger partial charge on any atom is 0.340 e. The Hall–Kier alpha value is -4.89. The largest absolute Gasteiger partial charge is 0.460 e. The number of aromatic nitrogens is 3. The molecule has 0 bridgehead atoms. The fourth-order valence-corrected chi connectivity index (χ4v) is 4.85. The first-order chi connectivity index (χ1) is 19.4. The molecule has 3 heterocycles. The van der Waals surface area contributed by atoms with Crippen LogP contribution in [0.2, 0.25) is 0 Å². The molecule has 0 radical (unpaired) electrons. The third-order valence-electron chi connectivity index (χ3n) is 6.68. The molecule has 9 nitrogen and oxygen atoms in total. The van der Waals surface area contributed by atoms with Crippen molar-refractivity contribution in [3.8, 4) is 5.69 Å². The van der Waals surface area contributed by atoms with Crippen LogP contribution in [0.5, 0.6) is 0 Å². The average Bonchev–Trinajstić information content (AvgIpc) is 2.96. The van der Waals surface area contributed by atoms with Gasteiger partial charge in [-0.25, -0.2) is 4.79 Å². The summed E-state index contributed by atoms with van der Waals surface area (Å²) in [6.45, 7) is 4.15. The second kappa shape index (κ2) is 11.5. The number of esters is 1. The monoisotopic (exact) mass is 536 g/mol. The number of pyridine rings is 3. The number of hydrogen-bond donors (Lipinski definition) is 1. The molecule has 5 rings (SSSR count). The van der Waals surface area contributed by atoms with Crippen LogP contribution in [0.1, 0.15) is 37.7 Å². The normalized spacial score (nSPS) is 11.1. The van der Waals surface area contributed by atoms with Crippen molar-refractivity contribution in [2.24, 2.45) is 0 Å². The number of methoxy groups -OCH3 is 1. The third kappa shape index (κ3) is 5.06. The number of para-hydroxylation sites is 1. The quantitative estimate of drug-likeness (QED) is 0.179. The van der Waals surface area contributed by atoms with Crippen molar-refractivity contribution >= 4 is 33.6 Å². The highest BCUT2D eigenvalue weighted by atomic mass is 16.6. The summed E-state index contributed by atoms with van der Waals surface area (Å²) in [5, 5.41) is 4.41. The van der Waals surface area contributed by atoms with Crippen LogP contribution < -0.4 is 10.9 Å². The number of fused-ring (bicyclic) bond motifs is 3. The minimum Gasteiger partial charge on any atom is -0.460 e. The first-order valence-corrected chi connectivity index (χ1v) is 12.8. The highest BCUT2D eigenvalue weighted by Crippen LogP contribution is 2.31. The van der Waals surface area contributed by atoms with Crippen LogP contribution in [0.25, 0.3) is 27.4 Å². The van der Waals surface area contributed by atoms with Gasteiger partial charge in [0.1, 0.15) is 6.61 Å². The molecule has 202 valence electrons. The zero-order valence-corrected chi connectivity index (χ0v) is 22.4. The van der Waals surface area contributed by atoms with E-state index in [9.17, 15) is 14.4 Å². The van der Waals surface area contributed by atoms with E-state index < -0.39 is 5.97 Å². The molecule has 0 fully saturated rings. The molecule has 0 spiro atoms. The Morgan fingerprint density at radius 1 is 0.925 bits per heavy atom. The summed E-state index contributed by atoms with van der Waals surface area (Å²) in [5.74, 6) is -0.839. The van der Waals surface area contributed by atoms with Crippen LogP contribution in [-0.2, 0) is 16.0 Å². The lowest BCUT2D eigenvalue weighted by Crippen LogP contribution is -2.24. The molecule has 0 aliphatic rings. The zero-order valence-electron chi connectivity index (χ0n) is 22.4. The van der Waals surface area contributed by atoms with Crippen molar-refractivity contribution in [2.75, 3.05) is 20.3 Å². The van der Waals surface area contributed by atoms with E-state index >= 15 is 0 Å². The van der Waals surface area contributed by atoms with Crippen LogP contribution in [-0.4, -0.2) is 46.7 Å². The Bertz CT molecular complexity index is 1800. The van der Waals surface area contributed by atoms with Crippen molar-refractivity contribution in [1.29, 1.82) is 0 Å². The SMILES string of the molecule is COCCOC(=O)c1c(C)nc(C)c2c(=O)n(-c3cccc(C(=O)NCc4ccncc4)c3)c3ccccc3c12. The summed E-state index contributed by atoms with van der Waals surface area (Å²) < 4.78 is 12.0. The third-order valence-corrected chi connectivity index (χ3v) is 6.68. The van der Waals surface area contributed by atoms with E-state index in [0.29, 0.717) is 50.9 Å². The molecule has 5 aromatic rings. The highest BCUT2D eigenvalue weighted by molar-refractivity contribution is 6.16. The molecule has 0 aliphatic heterocycles. The first-order valence-electron chi connectivity index (χ1n) is 12.8. The van der Waals surface area contributed by atoms with Gasteiger partial charge in [-0.15, -0.1) is 0 Å². The first kappa shape index (κ1) is 26.7. The maximum atomic E-state index is 14.1. The van der Waals surface area contributed by atoms with Crippen LogP contribution in [0.4, 0.5) is 0 Å². The Kier molecular flexibility index (Phi) is 7.65. The van der Waals surface area contributed by atoms with Gasteiger partial charge in [-0.2, -0.15) is 0 Å². The summed E-state index contributed by atoms with van der Waals surface area (Å²) in [7, 11) is 1.53. The fourth-order valence-electron chi connectivity index (χ4n) is 4.85. The number of carbonyl (C=O) groups excluding carboxylic acids is 2. The summed E-state index contributed by atoms with van der Waals surface area (Å²) >= 11 is 0. The number of nitrogens with zero attached hydrogens (tertiary/aromatic N) is 3. The molecule has 40 heavy (non-hydrogen) atoms. The maximum absolute atomic E-state index is 14.1. The van der Waals surface area contributed by atoms with E-state index in [2.05, 4.69) is 15.3 Å². The van der Waals surface area contributed by atoms with Crippen LogP contribution in [0, 0.1) is 13.8 Å². The second-order valence-corrected chi connectivity index (χ2v) is 9.28. The van der Waals surface area contributed by atoms with Gasteiger partial charge in [0.2, 0.25) is 0 Å². The predicted molar refractivity (Wildman–Crippen MR) is 152 cm³/mol. The molecule has 9 heteroatoms. The van der Waals surface area contributed by atoms with Gasteiger partial charge in [-0.05, 0) is 55.8 Å². The van der Waals surface area contributed by atoms with Crippen LogP contribution in [0.15, 0.2) is 77.9 Å². The number of rotatable bonds is 8. The van der Waals surface area contributed by atoms with Crippen molar-refractivity contribution in [3.63, 3.8) is 0 Å². The topological polar surface area (TPSA) is 112 Å². The Morgan fingerprint density at radius 2 is 1.70 bits per heavy atom. The highest BCUT2D eigenvalue weighted by Gasteiger charge is 2.24. The molecule has 0 saturated heterocycles. The Morgan fingerprint density at radius 3 is 2.48 bits per heavy atom. The van der Waals surface area contributed by atoms with E-state index in [1.807, 2.05) is 36.4 Å². The van der Waals surface area contributed by atoms with Crippen molar-refractivity contribution in [3.05, 3.63) is 111 Å². The molecule has 0 saturated carbocycles. The van der Waals surface area contributed by atoms with Crippen molar-refractivity contribution in [2.45, 2.75) is 20.4 Å². The number of nitrogens with one attached hydrogen (secondary N) is 1.